The summed E-state index contributed by atoms with van der Waals surface area (Å²) in [5.74, 6) is -2.76. The highest BCUT2D eigenvalue weighted by Gasteiger charge is 2.31. The van der Waals surface area contributed by atoms with Crippen LogP contribution in [0.1, 0.15) is 70.2 Å². The van der Waals surface area contributed by atoms with Gasteiger partial charge in [0.1, 0.15) is 34.8 Å². The molecule has 0 aliphatic rings. The number of alkyl carbamates (subject to hydrolysis) is 1. The van der Waals surface area contributed by atoms with Gasteiger partial charge in [0.2, 0.25) is 23.7 Å². The Morgan fingerprint density at radius 1 is 0.783 bits per heavy atom. The van der Waals surface area contributed by atoms with E-state index in [2.05, 4.69) is 36.6 Å². The summed E-state index contributed by atoms with van der Waals surface area (Å²) < 4.78 is 22.9. The Hall–Kier alpha value is -6.09. The Balaban J connectivity index is 2.56. The summed E-state index contributed by atoms with van der Waals surface area (Å²) in [6, 6.07) is 8.20. The number of hydrogen-bond donors (Lipinski definition) is 9. The maximum absolute atomic E-state index is 14.3. The largest absolute Gasteiger partial charge is 0.617 e. The van der Waals surface area contributed by atoms with Gasteiger partial charge in [0.25, 0.3) is 0 Å². The molecule has 6 amide bonds. The third-order valence-corrected chi connectivity index (χ3v) is 8.69. The Morgan fingerprint density at radius 3 is 1.90 bits per heavy atom. The van der Waals surface area contributed by atoms with Crippen molar-refractivity contribution >= 4 is 59.3 Å². The molecular formula is C39H56N8O12S. The molecule has 0 saturated heterocycles. The van der Waals surface area contributed by atoms with Crippen molar-refractivity contribution in [2.24, 2.45) is 9.98 Å². The Labute approximate surface area is 351 Å². The lowest BCUT2D eigenvalue weighted by atomic mass is 9.95. The number of guanidine groups is 2. The number of aromatic hydroxyl groups is 1. The minimum Gasteiger partial charge on any atom is -0.617 e. The molecule has 0 bridgehead atoms. The Kier molecular flexibility index (Phi) is 19.1. The molecule has 0 spiro atoms. The molecular weight excluding hydrogens is 805 g/mol. The SMILES string of the molecule is Cc1cc(O)cc(C)c1C[C@H](NC(=NC(=O)OC(C)(C)C)NC(=O)OC(C)(C)C)C(=O)N[C@H](CC[S+](C)[O-])C(=O)NC[C@H](Cc1ccccc1)NC(=NC(=O)O)NC(=O)O. The number of phenols is 1. The van der Waals surface area contributed by atoms with Crippen LogP contribution in [-0.2, 0) is 43.1 Å². The van der Waals surface area contributed by atoms with E-state index in [1.54, 1.807) is 85.7 Å². The summed E-state index contributed by atoms with van der Waals surface area (Å²) >= 11 is -1.42. The second-order valence-corrected chi connectivity index (χ2v) is 17.2. The molecule has 0 radical (unpaired) electrons. The van der Waals surface area contributed by atoms with Gasteiger partial charge < -0.3 is 50.6 Å². The van der Waals surface area contributed by atoms with E-state index in [9.17, 15) is 48.6 Å². The highest BCUT2D eigenvalue weighted by Crippen LogP contribution is 2.22. The molecule has 2 aromatic rings. The van der Waals surface area contributed by atoms with Crippen LogP contribution in [-0.4, -0.2) is 116 Å². The molecule has 330 valence electrons. The number of rotatable bonds is 14. The van der Waals surface area contributed by atoms with Crippen LogP contribution in [0.4, 0.5) is 19.2 Å². The van der Waals surface area contributed by atoms with Crippen LogP contribution >= 0.6 is 0 Å². The molecule has 2 aromatic carbocycles. The van der Waals surface area contributed by atoms with Gasteiger partial charge in [0, 0.05) is 19.4 Å². The quantitative estimate of drug-likeness (QED) is 0.0749. The van der Waals surface area contributed by atoms with Crippen LogP contribution < -0.4 is 31.9 Å². The van der Waals surface area contributed by atoms with Gasteiger partial charge >= 0.3 is 24.4 Å². The number of aryl methyl sites for hydroxylation is 2. The lowest BCUT2D eigenvalue weighted by molar-refractivity contribution is -0.130. The average Bonchev–Trinajstić information content (AvgIpc) is 3.07. The fraction of sp³-hybridized carbons (Fsp3) is 0.487. The van der Waals surface area contributed by atoms with Crippen molar-refractivity contribution in [3.05, 3.63) is 64.7 Å². The summed E-state index contributed by atoms with van der Waals surface area (Å²) in [5, 5.41) is 43.8. The first-order valence-corrected chi connectivity index (χ1v) is 20.4. The minimum atomic E-state index is -1.69. The van der Waals surface area contributed by atoms with E-state index in [4.69, 9.17) is 9.47 Å². The van der Waals surface area contributed by atoms with Crippen LogP contribution in [0.5, 0.6) is 5.75 Å². The van der Waals surface area contributed by atoms with Crippen molar-refractivity contribution in [1.29, 1.82) is 0 Å². The highest BCUT2D eigenvalue weighted by molar-refractivity contribution is 7.90. The molecule has 0 aliphatic carbocycles. The molecule has 2 rings (SSSR count). The predicted octanol–water partition coefficient (Wildman–Crippen LogP) is 3.20. The van der Waals surface area contributed by atoms with Gasteiger partial charge in [0.05, 0.1) is 12.3 Å². The number of aliphatic imine (C=N–C) groups is 2. The number of carbonyl (C=O) groups excluding carboxylic acids is 4. The summed E-state index contributed by atoms with van der Waals surface area (Å²) in [5.41, 5.74) is 0.557. The lowest BCUT2D eigenvalue weighted by Gasteiger charge is -2.27. The summed E-state index contributed by atoms with van der Waals surface area (Å²) in [6.45, 7) is 12.8. The summed E-state index contributed by atoms with van der Waals surface area (Å²) in [6.07, 6.45) is -4.11. The highest BCUT2D eigenvalue weighted by atomic mass is 32.2. The zero-order chi connectivity index (χ0) is 45.4. The van der Waals surface area contributed by atoms with Crippen LogP contribution in [0.3, 0.4) is 0 Å². The van der Waals surface area contributed by atoms with Crippen LogP contribution in [0.25, 0.3) is 0 Å². The number of ether oxygens (including phenoxy) is 2. The van der Waals surface area contributed by atoms with Gasteiger partial charge in [-0.3, -0.25) is 20.2 Å². The Bertz CT molecular complexity index is 1870. The molecule has 20 nitrogen and oxygen atoms in total. The standard InChI is InChI=1S/C39H56N8O12S/c1-22-17-26(48)18-23(2)27(22)20-29(43-33(46-36(55)58-38(3,4)5)47-37(56)59-39(6,7)8)31(50)42-28(15-16-60(9)57)30(49)40-21-25(19-24-13-11-10-12-14-24)41-32(44-34(51)52)45-35(53)54/h10-14,17-18,25,28-29,48H,15-16,19-21H2,1-9H3,(H,40,49)(H,42,50)(H,51,52)(H,53,54)(H2,41,44,45)(H2,43,46,47,55,56)/t25-,28+,29-,60?/m0/s1. The molecule has 60 heavy (non-hydrogen) atoms. The maximum atomic E-state index is 14.3. The monoisotopic (exact) mass is 860 g/mol. The van der Waals surface area contributed by atoms with E-state index in [1.165, 1.54) is 18.4 Å². The van der Waals surface area contributed by atoms with Crippen molar-refractivity contribution in [3.63, 3.8) is 0 Å². The van der Waals surface area contributed by atoms with E-state index in [0.717, 1.165) is 5.56 Å². The predicted molar refractivity (Wildman–Crippen MR) is 223 cm³/mol. The fourth-order valence-electron chi connectivity index (χ4n) is 5.47. The van der Waals surface area contributed by atoms with Gasteiger partial charge in [-0.2, -0.15) is 0 Å². The van der Waals surface area contributed by atoms with Gasteiger partial charge in [-0.25, -0.2) is 19.2 Å². The number of amides is 6. The second kappa shape index (κ2) is 22.9. The number of nitrogens with one attached hydrogen (secondary N) is 6. The van der Waals surface area contributed by atoms with Gasteiger partial charge in [0.15, 0.2) is 0 Å². The maximum Gasteiger partial charge on any atom is 0.437 e. The van der Waals surface area contributed by atoms with Gasteiger partial charge in [-0.1, -0.05) is 41.5 Å². The molecule has 0 fully saturated rings. The van der Waals surface area contributed by atoms with Crippen molar-refractivity contribution in [2.75, 3.05) is 18.6 Å². The van der Waals surface area contributed by atoms with Crippen LogP contribution in [0.15, 0.2) is 52.4 Å². The van der Waals surface area contributed by atoms with Crippen molar-refractivity contribution < 1.29 is 58.1 Å². The normalized spacial score (nSPS) is 14.0. The molecule has 0 aliphatic heterocycles. The minimum absolute atomic E-state index is 0.0223. The van der Waals surface area contributed by atoms with Crippen LogP contribution in [0.2, 0.25) is 0 Å². The first kappa shape index (κ1) is 50.1. The molecule has 0 heterocycles. The third-order valence-electron chi connectivity index (χ3n) is 7.88. The lowest BCUT2D eigenvalue weighted by Crippen LogP contribution is -2.58. The average molecular weight is 861 g/mol. The number of nitrogens with zero attached hydrogens (tertiary/aromatic N) is 2. The van der Waals surface area contributed by atoms with E-state index in [-0.39, 0.29) is 37.3 Å². The number of carbonyl (C=O) groups is 6. The zero-order valence-electron chi connectivity index (χ0n) is 35.1. The second-order valence-electron chi connectivity index (χ2n) is 15.6. The van der Waals surface area contributed by atoms with Gasteiger partial charge in [-0.15, -0.1) is 9.98 Å². The number of benzene rings is 2. The molecule has 9 N–H and O–H groups in total. The topological polar surface area (TPSA) is 302 Å². The first-order chi connectivity index (χ1) is 27.8. The van der Waals surface area contributed by atoms with Crippen molar-refractivity contribution in [3.8, 4) is 5.75 Å². The van der Waals surface area contributed by atoms with Crippen molar-refractivity contribution in [1.82, 2.24) is 31.9 Å². The van der Waals surface area contributed by atoms with Crippen LogP contribution in [0, 0.1) is 13.8 Å². The summed E-state index contributed by atoms with van der Waals surface area (Å²) in [4.78, 5) is 83.9. The number of phenolic OH excluding ortho intramolecular Hbond substituents is 1. The molecule has 21 heteroatoms. The molecule has 0 saturated carbocycles. The molecule has 4 atom stereocenters. The van der Waals surface area contributed by atoms with Crippen molar-refractivity contribution in [2.45, 2.75) is 104 Å². The number of carboxylic acid groups (broad SMARTS) is 2. The fourth-order valence-corrected chi connectivity index (χ4v) is 6.04. The van der Waals surface area contributed by atoms with E-state index < -0.39 is 88.6 Å². The number of hydrogen-bond acceptors (Lipinski definition) is 10. The van der Waals surface area contributed by atoms with Gasteiger partial charge in [-0.05, 0) is 96.2 Å². The zero-order valence-corrected chi connectivity index (χ0v) is 35.9. The molecule has 0 aromatic heterocycles. The molecule has 1 unspecified atom stereocenters. The van der Waals surface area contributed by atoms with E-state index >= 15 is 0 Å². The third kappa shape index (κ3) is 20.1. The smallest absolute Gasteiger partial charge is 0.437 e. The van der Waals surface area contributed by atoms with E-state index in [1.807, 2.05) is 5.32 Å². The summed E-state index contributed by atoms with van der Waals surface area (Å²) in [7, 11) is 0. The van der Waals surface area contributed by atoms with E-state index in [0.29, 0.717) is 16.7 Å². The Morgan fingerprint density at radius 2 is 1.37 bits per heavy atom. The first-order valence-electron chi connectivity index (χ1n) is 18.7.